The average Bonchev–Trinajstić information content (AvgIpc) is 2.55. The Hall–Kier alpha value is -1.80. The molecule has 2 aromatic rings. The normalized spacial score (nSPS) is 27.4. The molecule has 0 amide bonds. The largest absolute Gasteiger partial charge is 0.378 e. The molecule has 0 saturated carbocycles. The lowest BCUT2D eigenvalue weighted by atomic mass is 9.77. The SMILES string of the molecule is Cc1ccc2c(c1)[C@H]1OCCC[C@H]1[C@H](c1ccccc1)N2. The van der Waals surface area contributed by atoms with Crippen LogP contribution >= 0.6 is 0 Å². The zero-order valence-electron chi connectivity index (χ0n) is 12.4. The smallest absolute Gasteiger partial charge is 0.0895 e. The third kappa shape index (κ3) is 2.24. The average molecular weight is 279 g/mol. The van der Waals surface area contributed by atoms with Gasteiger partial charge in [-0.1, -0.05) is 48.0 Å². The van der Waals surface area contributed by atoms with E-state index in [1.54, 1.807) is 0 Å². The maximum atomic E-state index is 6.18. The topological polar surface area (TPSA) is 21.3 Å². The monoisotopic (exact) mass is 279 g/mol. The lowest BCUT2D eigenvalue weighted by Gasteiger charge is -2.43. The van der Waals surface area contributed by atoms with Gasteiger partial charge in [-0.3, -0.25) is 0 Å². The highest BCUT2D eigenvalue weighted by Crippen LogP contribution is 2.49. The van der Waals surface area contributed by atoms with E-state index in [1.165, 1.54) is 28.8 Å². The maximum absolute atomic E-state index is 6.18. The summed E-state index contributed by atoms with van der Waals surface area (Å²) < 4.78 is 6.18. The molecule has 3 atom stereocenters. The van der Waals surface area contributed by atoms with Crippen molar-refractivity contribution in [1.82, 2.24) is 0 Å². The van der Waals surface area contributed by atoms with Crippen molar-refractivity contribution in [2.24, 2.45) is 5.92 Å². The molecule has 1 fully saturated rings. The Morgan fingerprint density at radius 2 is 1.95 bits per heavy atom. The van der Waals surface area contributed by atoms with E-state index in [4.69, 9.17) is 4.74 Å². The highest BCUT2D eigenvalue weighted by Gasteiger charge is 2.39. The number of aryl methyl sites for hydroxylation is 1. The molecular weight excluding hydrogens is 258 g/mol. The summed E-state index contributed by atoms with van der Waals surface area (Å²) in [7, 11) is 0. The molecule has 2 aliphatic rings. The summed E-state index contributed by atoms with van der Waals surface area (Å²) in [5, 5.41) is 3.76. The van der Waals surface area contributed by atoms with Crippen LogP contribution in [-0.2, 0) is 4.74 Å². The third-order valence-corrected chi connectivity index (χ3v) is 4.78. The van der Waals surface area contributed by atoms with Gasteiger partial charge in [-0.05, 0) is 31.4 Å². The Bertz CT molecular complexity index is 637. The van der Waals surface area contributed by atoms with Gasteiger partial charge < -0.3 is 10.1 Å². The molecule has 0 radical (unpaired) electrons. The fraction of sp³-hybridized carbons (Fsp3) is 0.368. The second-order valence-electron chi connectivity index (χ2n) is 6.22. The molecule has 1 N–H and O–H groups in total. The van der Waals surface area contributed by atoms with Gasteiger partial charge in [-0.25, -0.2) is 0 Å². The number of hydrogen-bond acceptors (Lipinski definition) is 2. The summed E-state index contributed by atoms with van der Waals surface area (Å²) in [5.41, 5.74) is 5.25. The lowest BCUT2D eigenvalue weighted by Crippen LogP contribution is -2.36. The minimum absolute atomic E-state index is 0.236. The van der Waals surface area contributed by atoms with Crippen LogP contribution in [0.2, 0.25) is 0 Å². The molecule has 0 aromatic heterocycles. The first-order valence-corrected chi connectivity index (χ1v) is 7.86. The molecule has 4 rings (SSSR count). The molecule has 21 heavy (non-hydrogen) atoms. The molecule has 2 aliphatic heterocycles. The van der Waals surface area contributed by atoms with E-state index < -0.39 is 0 Å². The summed E-state index contributed by atoms with van der Waals surface area (Å²) >= 11 is 0. The number of benzene rings is 2. The molecule has 2 aromatic carbocycles. The first kappa shape index (κ1) is 12.9. The molecule has 108 valence electrons. The van der Waals surface area contributed by atoms with Gasteiger partial charge >= 0.3 is 0 Å². The standard InChI is InChI=1S/C19H21NO/c1-13-9-10-17-16(12-13)19-15(8-5-11-21-19)18(20-17)14-6-3-2-4-7-14/h2-4,6-7,9-10,12,15,18-20H,5,8,11H2,1H3/t15-,18-,19-/m0/s1. The second-order valence-corrected chi connectivity index (χ2v) is 6.22. The van der Waals surface area contributed by atoms with Crippen LogP contribution in [0.5, 0.6) is 0 Å². The predicted molar refractivity (Wildman–Crippen MR) is 85.4 cm³/mol. The van der Waals surface area contributed by atoms with Crippen molar-refractivity contribution in [2.75, 3.05) is 11.9 Å². The van der Waals surface area contributed by atoms with Crippen molar-refractivity contribution in [2.45, 2.75) is 31.9 Å². The minimum Gasteiger partial charge on any atom is -0.378 e. The van der Waals surface area contributed by atoms with Gasteiger partial charge in [-0.15, -0.1) is 0 Å². The van der Waals surface area contributed by atoms with Gasteiger partial charge in [0, 0.05) is 23.8 Å². The molecule has 2 heterocycles. The molecule has 0 bridgehead atoms. The minimum atomic E-state index is 0.236. The molecule has 2 heteroatoms. The fourth-order valence-corrected chi connectivity index (χ4v) is 3.78. The first-order valence-electron chi connectivity index (χ1n) is 7.86. The molecule has 0 unspecified atom stereocenters. The zero-order valence-corrected chi connectivity index (χ0v) is 12.4. The number of ether oxygens (including phenoxy) is 1. The van der Waals surface area contributed by atoms with E-state index in [0.717, 1.165) is 13.0 Å². The maximum Gasteiger partial charge on any atom is 0.0895 e. The van der Waals surface area contributed by atoms with E-state index >= 15 is 0 Å². The zero-order chi connectivity index (χ0) is 14.2. The van der Waals surface area contributed by atoms with E-state index in [-0.39, 0.29) is 6.10 Å². The van der Waals surface area contributed by atoms with Gasteiger partial charge in [0.15, 0.2) is 0 Å². The van der Waals surface area contributed by atoms with Gasteiger partial charge in [0.2, 0.25) is 0 Å². The Morgan fingerprint density at radius 1 is 1.10 bits per heavy atom. The van der Waals surface area contributed by atoms with Crippen LogP contribution in [-0.4, -0.2) is 6.61 Å². The van der Waals surface area contributed by atoms with Gasteiger partial charge in [0.25, 0.3) is 0 Å². The first-order chi connectivity index (χ1) is 10.3. The molecule has 2 nitrogen and oxygen atoms in total. The Balaban J connectivity index is 1.79. The van der Waals surface area contributed by atoms with Crippen LogP contribution in [0.3, 0.4) is 0 Å². The summed E-state index contributed by atoms with van der Waals surface area (Å²) in [6.07, 6.45) is 2.62. The number of hydrogen-bond donors (Lipinski definition) is 1. The predicted octanol–water partition coefficient (Wildman–Crippen LogP) is 4.63. The van der Waals surface area contributed by atoms with Crippen molar-refractivity contribution in [3.63, 3.8) is 0 Å². The second kappa shape index (κ2) is 5.19. The quantitative estimate of drug-likeness (QED) is 0.821. The third-order valence-electron chi connectivity index (χ3n) is 4.78. The van der Waals surface area contributed by atoms with Crippen LogP contribution in [0.25, 0.3) is 0 Å². The molecule has 0 aliphatic carbocycles. The van der Waals surface area contributed by atoms with Crippen LogP contribution in [0.15, 0.2) is 48.5 Å². The summed E-state index contributed by atoms with van der Waals surface area (Å²) in [4.78, 5) is 0. The molecular formula is C19H21NO. The van der Waals surface area contributed by atoms with Crippen LogP contribution < -0.4 is 5.32 Å². The molecule has 1 saturated heterocycles. The summed E-state index contributed by atoms with van der Waals surface area (Å²) in [6, 6.07) is 17.8. The van der Waals surface area contributed by atoms with E-state index in [0.29, 0.717) is 12.0 Å². The van der Waals surface area contributed by atoms with Crippen LogP contribution in [0.1, 0.15) is 41.7 Å². The number of nitrogens with one attached hydrogen (secondary N) is 1. The van der Waals surface area contributed by atoms with Gasteiger partial charge in [0.05, 0.1) is 12.1 Å². The van der Waals surface area contributed by atoms with Crippen molar-refractivity contribution in [3.05, 3.63) is 65.2 Å². The van der Waals surface area contributed by atoms with Crippen molar-refractivity contribution >= 4 is 5.69 Å². The van der Waals surface area contributed by atoms with Crippen molar-refractivity contribution < 1.29 is 4.74 Å². The fourth-order valence-electron chi connectivity index (χ4n) is 3.78. The Morgan fingerprint density at radius 3 is 2.81 bits per heavy atom. The Labute approximate surface area is 126 Å². The van der Waals surface area contributed by atoms with E-state index in [2.05, 4.69) is 60.8 Å². The molecule has 0 spiro atoms. The van der Waals surface area contributed by atoms with Gasteiger partial charge in [0.1, 0.15) is 0 Å². The lowest BCUT2D eigenvalue weighted by molar-refractivity contribution is -0.0381. The van der Waals surface area contributed by atoms with Crippen molar-refractivity contribution in [3.8, 4) is 0 Å². The van der Waals surface area contributed by atoms with E-state index in [1.807, 2.05) is 0 Å². The number of fused-ring (bicyclic) bond motifs is 3. The summed E-state index contributed by atoms with van der Waals surface area (Å²) in [6.45, 7) is 3.04. The Kier molecular flexibility index (Phi) is 3.19. The highest BCUT2D eigenvalue weighted by atomic mass is 16.5. The van der Waals surface area contributed by atoms with E-state index in [9.17, 15) is 0 Å². The highest BCUT2D eigenvalue weighted by molar-refractivity contribution is 5.58. The van der Waals surface area contributed by atoms with Crippen molar-refractivity contribution in [1.29, 1.82) is 0 Å². The number of anilines is 1. The summed E-state index contributed by atoms with van der Waals surface area (Å²) in [5.74, 6) is 0.524. The van der Waals surface area contributed by atoms with Gasteiger partial charge in [-0.2, -0.15) is 0 Å². The van der Waals surface area contributed by atoms with Crippen LogP contribution in [0.4, 0.5) is 5.69 Å². The number of rotatable bonds is 1. The van der Waals surface area contributed by atoms with Crippen LogP contribution in [0, 0.1) is 12.8 Å².